The van der Waals surface area contributed by atoms with E-state index in [0.29, 0.717) is 12.4 Å². The number of benzene rings is 2. The third-order valence-electron chi connectivity index (χ3n) is 6.13. The lowest BCUT2D eigenvalue weighted by atomic mass is 10.1. The van der Waals surface area contributed by atoms with Crippen molar-refractivity contribution >= 4 is 27.8 Å². The summed E-state index contributed by atoms with van der Waals surface area (Å²) in [6, 6.07) is 18.7. The Bertz CT molecular complexity index is 1140. The topological polar surface area (TPSA) is 75.2 Å². The third-order valence-corrected chi connectivity index (χ3v) is 6.13. The first-order chi connectivity index (χ1) is 16.8. The van der Waals surface area contributed by atoms with E-state index in [-0.39, 0.29) is 0 Å². The maximum absolute atomic E-state index is 6.11. The molecule has 0 spiro atoms. The Morgan fingerprint density at radius 3 is 2.21 bits per heavy atom. The monoisotopic (exact) mass is 460 g/mol. The van der Waals surface area contributed by atoms with Crippen LogP contribution >= 0.6 is 0 Å². The van der Waals surface area contributed by atoms with Gasteiger partial charge in [-0.2, -0.15) is 0 Å². The van der Waals surface area contributed by atoms with E-state index in [0.717, 1.165) is 74.0 Å². The average Bonchev–Trinajstić information content (AvgIpc) is 3.30. The van der Waals surface area contributed by atoms with Crippen LogP contribution in [0.25, 0.3) is 21.9 Å². The summed E-state index contributed by atoms with van der Waals surface area (Å²) < 4.78 is 13.8. The second-order valence-electron chi connectivity index (χ2n) is 8.73. The molecular weight excluding hydrogens is 424 g/mol. The quantitative estimate of drug-likeness (QED) is 0.228. The predicted molar refractivity (Wildman–Crippen MR) is 139 cm³/mol. The zero-order valence-electron chi connectivity index (χ0n) is 20.0. The number of imidazole rings is 1. The lowest BCUT2D eigenvalue weighted by Crippen LogP contribution is -2.06. The number of anilines is 1. The van der Waals surface area contributed by atoms with Gasteiger partial charge in [0.2, 0.25) is 0 Å². The van der Waals surface area contributed by atoms with Gasteiger partial charge in [-0.1, -0.05) is 61.4 Å². The fourth-order valence-corrected chi connectivity index (χ4v) is 4.28. The third kappa shape index (κ3) is 6.78. The van der Waals surface area contributed by atoms with Gasteiger partial charge in [0.25, 0.3) is 0 Å². The van der Waals surface area contributed by atoms with Crippen molar-refractivity contribution in [2.24, 2.45) is 0 Å². The minimum Gasteiger partial charge on any atom is -0.382 e. The molecule has 0 atom stereocenters. The molecule has 6 heteroatoms. The molecule has 34 heavy (non-hydrogen) atoms. The summed E-state index contributed by atoms with van der Waals surface area (Å²) in [5.74, 6) is 0.476. The van der Waals surface area contributed by atoms with E-state index in [4.69, 9.17) is 15.2 Å². The van der Waals surface area contributed by atoms with Gasteiger partial charge < -0.3 is 19.8 Å². The maximum Gasteiger partial charge on any atom is 0.152 e. The zero-order valence-corrected chi connectivity index (χ0v) is 20.0. The van der Waals surface area contributed by atoms with Crippen molar-refractivity contribution in [2.45, 2.75) is 51.5 Å². The SMILES string of the molecule is Nc1nc2ccccc2c2c1ncn2CCOCCCCCCOCCCCc1ccccc1. The van der Waals surface area contributed by atoms with Gasteiger partial charge >= 0.3 is 0 Å². The van der Waals surface area contributed by atoms with Crippen molar-refractivity contribution in [3.63, 3.8) is 0 Å². The van der Waals surface area contributed by atoms with Crippen molar-refractivity contribution in [1.82, 2.24) is 14.5 Å². The van der Waals surface area contributed by atoms with Gasteiger partial charge in [0.05, 0.1) is 24.0 Å². The number of para-hydroxylation sites is 1. The number of aromatic nitrogens is 3. The molecular formula is C28H36N4O2. The van der Waals surface area contributed by atoms with Crippen LogP contribution in [-0.2, 0) is 22.4 Å². The number of ether oxygens (including phenoxy) is 2. The Hall–Kier alpha value is -2.96. The number of hydrogen-bond donors (Lipinski definition) is 1. The molecule has 0 saturated carbocycles. The number of nitrogens with zero attached hydrogens (tertiary/aromatic N) is 3. The molecule has 2 aromatic heterocycles. The van der Waals surface area contributed by atoms with Crippen LogP contribution < -0.4 is 5.73 Å². The average molecular weight is 461 g/mol. The van der Waals surface area contributed by atoms with Gasteiger partial charge in [0, 0.05) is 31.8 Å². The van der Waals surface area contributed by atoms with Gasteiger partial charge in [-0.05, 0) is 43.7 Å². The first-order valence-corrected chi connectivity index (χ1v) is 12.5. The van der Waals surface area contributed by atoms with Gasteiger partial charge in [-0.3, -0.25) is 0 Å². The molecule has 4 rings (SSSR count). The minimum absolute atomic E-state index is 0.476. The van der Waals surface area contributed by atoms with E-state index in [1.165, 1.54) is 24.8 Å². The van der Waals surface area contributed by atoms with Gasteiger partial charge in [-0.25, -0.2) is 9.97 Å². The highest BCUT2D eigenvalue weighted by atomic mass is 16.5. The van der Waals surface area contributed by atoms with Crippen molar-refractivity contribution in [1.29, 1.82) is 0 Å². The molecule has 2 N–H and O–H groups in total. The number of hydrogen-bond acceptors (Lipinski definition) is 5. The number of rotatable bonds is 15. The summed E-state index contributed by atoms with van der Waals surface area (Å²) >= 11 is 0. The summed E-state index contributed by atoms with van der Waals surface area (Å²) in [6.07, 6.45) is 9.88. The smallest absolute Gasteiger partial charge is 0.152 e. The molecule has 4 aromatic rings. The van der Waals surface area contributed by atoms with E-state index in [1.54, 1.807) is 0 Å². The summed E-state index contributed by atoms with van der Waals surface area (Å²) in [5, 5.41) is 1.07. The molecule has 2 aromatic carbocycles. The Balaban J connectivity index is 1.03. The second-order valence-corrected chi connectivity index (χ2v) is 8.73. The van der Waals surface area contributed by atoms with Crippen LogP contribution in [0.4, 0.5) is 5.82 Å². The highest BCUT2D eigenvalue weighted by molar-refractivity contribution is 6.06. The summed E-state index contributed by atoms with van der Waals surface area (Å²) in [6.45, 7) is 3.94. The summed E-state index contributed by atoms with van der Waals surface area (Å²) in [4.78, 5) is 8.93. The van der Waals surface area contributed by atoms with Crippen LogP contribution in [0.2, 0.25) is 0 Å². The fraction of sp³-hybridized carbons (Fsp3) is 0.429. The number of unbranched alkanes of at least 4 members (excludes halogenated alkanes) is 4. The molecule has 0 bridgehead atoms. The minimum atomic E-state index is 0.476. The zero-order chi connectivity index (χ0) is 23.4. The normalized spacial score (nSPS) is 11.5. The van der Waals surface area contributed by atoms with E-state index in [2.05, 4.69) is 50.9 Å². The number of nitrogen functional groups attached to an aromatic ring is 1. The number of pyridine rings is 1. The molecule has 0 aliphatic rings. The molecule has 0 unspecified atom stereocenters. The lowest BCUT2D eigenvalue weighted by Gasteiger charge is -2.09. The molecule has 0 fully saturated rings. The molecule has 180 valence electrons. The molecule has 0 radical (unpaired) electrons. The summed E-state index contributed by atoms with van der Waals surface area (Å²) in [5.41, 5.74) is 10.2. The van der Waals surface area contributed by atoms with Crippen molar-refractivity contribution < 1.29 is 9.47 Å². The fourth-order valence-electron chi connectivity index (χ4n) is 4.28. The van der Waals surface area contributed by atoms with Crippen LogP contribution in [0.5, 0.6) is 0 Å². The van der Waals surface area contributed by atoms with Crippen molar-refractivity contribution in [3.8, 4) is 0 Å². The van der Waals surface area contributed by atoms with Crippen molar-refractivity contribution in [3.05, 3.63) is 66.5 Å². The number of fused-ring (bicyclic) bond motifs is 3. The number of aryl methyl sites for hydroxylation is 1. The highest BCUT2D eigenvalue weighted by Gasteiger charge is 2.11. The molecule has 0 aliphatic carbocycles. The Labute approximate surface area is 202 Å². The first-order valence-electron chi connectivity index (χ1n) is 12.5. The Morgan fingerprint density at radius 1 is 0.735 bits per heavy atom. The van der Waals surface area contributed by atoms with Gasteiger partial charge in [0.15, 0.2) is 5.82 Å². The maximum atomic E-state index is 6.11. The van der Waals surface area contributed by atoms with E-state index in [9.17, 15) is 0 Å². The largest absolute Gasteiger partial charge is 0.382 e. The predicted octanol–water partition coefficient (Wildman–Crippen LogP) is 5.78. The molecule has 0 saturated heterocycles. The van der Waals surface area contributed by atoms with Crippen LogP contribution in [0.15, 0.2) is 60.9 Å². The summed E-state index contributed by atoms with van der Waals surface area (Å²) in [7, 11) is 0. The standard InChI is InChI=1S/C28H36N4O2/c29-28-26-27(24-15-6-7-16-25(24)31-28)32(22-30-26)17-21-34-19-10-2-1-9-18-33-20-11-8-14-23-12-4-3-5-13-23/h3-7,12-13,15-16,22H,1-2,8-11,14,17-21H2,(H2,29,31). The van der Waals surface area contributed by atoms with Crippen LogP contribution in [0.1, 0.15) is 44.1 Å². The Kier molecular flexibility index (Phi) is 9.29. The van der Waals surface area contributed by atoms with Gasteiger partial charge in [0.1, 0.15) is 5.52 Å². The van der Waals surface area contributed by atoms with E-state index in [1.807, 2.05) is 24.5 Å². The molecule has 2 heterocycles. The Morgan fingerprint density at radius 2 is 1.41 bits per heavy atom. The lowest BCUT2D eigenvalue weighted by molar-refractivity contribution is 0.116. The number of nitrogens with two attached hydrogens (primary N) is 1. The highest BCUT2D eigenvalue weighted by Crippen LogP contribution is 2.26. The molecule has 6 nitrogen and oxygen atoms in total. The van der Waals surface area contributed by atoms with Crippen LogP contribution in [-0.4, -0.2) is 41.0 Å². The van der Waals surface area contributed by atoms with Crippen LogP contribution in [0, 0.1) is 0 Å². The van der Waals surface area contributed by atoms with E-state index >= 15 is 0 Å². The first kappa shape index (κ1) is 24.2. The van der Waals surface area contributed by atoms with Gasteiger partial charge in [-0.15, -0.1) is 0 Å². The molecule has 0 aliphatic heterocycles. The molecule has 0 amide bonds. The van der Waals surface area contributed by atoms with E-state index < -0.39 is 0 Å². The second kappa shape index (κ2) is 13.1. The van der Waals surface area contributed by atoms with Crippen LogP contribution in [0.3, 0.4) is 0 Å². The van der Waals surface area contributed by atoms with Crippen molar-refractivity contribution in [2.75, 3.05) is 32.2 Å².